The van der Waals surface area contributed by atoms with Gasteiger partial charge in [0.2, 0.25) is 5.91 Å². The predicted octanol–water partition coefficient (Wildman–Crippen LogP) is 3.87. The number of amides is 1. The molecule has 3 aromatic heterocycles. The molecule has 0 aliphatic heterocycles. The molecule has 3 heterocycles. The largest absolute Gasteiger partial charge is 0.462 e. The van der Waals surface area contributed by atoms with Crippen molar-refractivity contribution >= 4 is 39.1 Å². The molecule has 0 saturated carbocycles. The highest BCUT2D eigenvalue weighted by Crippen LogP contribution is 2.24. The first kappa shape index (κ1) is 21.7. The van der Waals surface area contributed by atoms with Gasteiger partial charge in [-0.05, 0) is 48.0 Å². The molecule has 0 atom stereocenters. The maximum Gasteiger partial charge on any atom is 0.343 e. The normalized spacial score (nSPS) is 11.0. The third-order valence-corrected chi connectivity index (χ3v) is 5.57. The number of carbonyl (C=O) groups excluding carboxylic acids is 2. The molecule has 1 aromatic carbocycles. The molecule has 1 amide bonds. The SMILES string of the molecule is CCOC(=O)c1cnn2c(-c3cccc(NC(=O)CCn4cc(Br)c(C)n4)c3)ccnc12. The van der Waals surface area contributed by atoms with Gasteiger partial charge < -0.3 is 10.1 Å². The summed E-state index contributed by atoms with van der Waals surface area (Å²) in [6.45, 7) is 4.40. The molecule has 10 heteroatoms. The van der Waals surface area contributed by atoms with Crippen LogP contribution < -0.4 is 5.32 Å². The number of rotatable bonds is 7. The average molecular weight is 497 g/mol. The Balaban J connectivity index is 1.52. The van der Waals surface area contributed by atoms with E-state index in [4.69, 9.17) is 4.74 Å². The quantitative estimate of drug-likeness (QED) is 0.389. The smallest absolute Gasteiger partial charge is 0.343 e. The lowest BCUT2D eigenvalue weighted by Gasteiger charge is -2.09. The second-order valence-electron chi connectivity index (χ2n) is 7.05. The number of aryl methyl sites for hydroxylation is 2. The van der Waals surface area contributed by atoms with Crippen molar-refractivity contribution in [3.8, 4) is 11.3 Å². The standard InChI is InChI=1S/C22H21BrN6O3/c1-3-32-22(31)17-12-25-29-19(7-9-24-21(17)29)15-5-4-6-16(11-15)26-20(30)8-10-28-13-18(23)14(2)27-28/h4-7,9,11-13H,3,8,10H2,1-2H3,(H,26,30). The minimum Gasteiger partial charge on any atom is -0.462 e. The Hall–Kier alpha value is -3.53. The van der Waals surface area contributed by atoms with Crippen molar-refractivity contribution in [2.75, 3.05) is 11.9 Å². The molecule has 0 fully saturated rings. The minimum atomic E-state index is -0.465. The van der Waals surface area contributed by atoms with E-state index in [9.17, 15) is 9.59 Å². The zero-order chi connectivity index (χ0) is 22.7. The Morgan fingerprint density at radius 2 is 2.09 bits per heavy atom. The topological polar surface area (TPSA) is 103 Å². The van der Waals surface area contributed by atoms with Gasteiger partial charge in [-0.1, -0.05) is 12.1 Å². The lowest BCUT2D eigenvalue weighted by Crippen LogP contribution is -2.14. The maximum absolute atomic E-state index is 12.4. The summed E-state index contributed by atoms with van der Waals surface area (Å²) in [7, 11) is 0. The number of fused-ring (bicyclic) bond motifs is 1. The number of anilines is 1. The first-order valence-electron chi connectivity index (χ1n) is 10.1. The molecule has 1 N–H and O–H groups in total. The minimum absolute atomic E-state index is 0.116. The Morgan fingerprint density at radius 3 is 2.84 bits per heavy atom. The zero-order valence-corrected chi connectivity index (χ0v) is 19.2. The first-order chi connectivity index (χ1) is 15.5. The monoisotopic (exact) mass is 496 g/mol. The second kappa shape index (κ2) is 9.31. The van der Waals surface area contributed by atoms with Crippen LogP contribution >= 0.6 is 15.9 Å². The van der Waals surface area contributed by atoms with Gasteiger partial charge in [-0.15, -0.1) is 0 Å². The van der Waals surface area contributed by atoms with Crippen LogP contribution in [0.15, 0.2) is 53.4 Å². The molecule has 0 bridgehead atoms. The number of hydrogen-bond acceptors (Lipinski definition) is 6. The van der Waals surface area contributed by atoms with E-state index < -0.39 is 5.97 Å². The zero-order valence-electron chi connectivity index (χ0n) is 17.6. The van der Waals surface area contributed by atoms with Gasteiger partial charge in [0.1, 0.15) is 5.56 Å². The van der Waals surface area contributed by atoms with E-state index in [0.717, 1.165) is 21.4 Å². The number of halogens is 1. The van der Waals surface area contributed by atoms with Gasteiger partial charge in [-0.2, -0.15) is 10.2 Å². The fraction of sp³-hybridized carbons (Fsp3) is 0.227. The maximum atomic E-state index is 12.4. The molecule has 4 rings (SSSR count). The highest BCUT2D eigenvalue weighted by Gasteiger charge is 2.17. The summed E-state index contributed by atoms with van der Waals surface area (Å²) in [6.07, 6.45) is 5.21. The molecule has 0 saturated heterocycles. The predicted molar refractivity (Wildman–Crippen MR) is 122 cm³/mol. The van der Waals surface area contributed by atoms with E-state index in [-0.39, 0.29) is 12.5 Å². The van der Waals surface area contributed by atoms with Crippen molar-refractivity contribution in [3.63, 3.8) is 0 Å². The summed E-state index contributed by atoms with van der Waals surface area (Å²) < 4.78 is 9.32. The molecular formula is C22H21BrN6O3. The Kier molecular flexibility index (Phi) is 6.31. The van der Waals surface area contributed by atoms with E-state index in [2.05, 4.69) is 36.4 Å². The van der Waals surface area contributed by atoms with Crippen molar-refractivity contribution in [3.05, 3.63) is 64.7 Å². The third-order valence-electron chi connectivity index (χ3n) is 4.79. The van der Waals surface area contributed by atoms with Crippen LogP contribution in [-0.2, 0) is 16.1 Å². The van der Waals surface area contributed by atoms with Gasteiger partial charge in [0.05, 0.1) is 28.7 Å². The number of aromatic nitrogens is 5. The van der Waals surface area contributed by atoms with Crippen molar-refractivity contribution in [1.29, 1.82) is 0 Å². The van der Waals surface area contributed by atoms with Gasteiger partial charge in [0.15, 0.2) is 5.65 Å². The summed E-state index contributed by atoms with van der Waals surface area (Å²) in [5.41, 5.74) is 3.81. The number of benzene rings is 1. The van der Waals surface area contributed by atoms with E-state index in [1.165, 1.54) is 6.20 Å². The van der Waals surface area contributed by atoms with E-state index in [0.29, 0.717) is 29.9 Å². The molecule has 0 aliphatic rings. The Morgan fingerprint density at radius 1 is 1.25 bits per heavy atom. The molecule has 9 nitrogen and oxygen atoms in total. The highest BCUT2D eigenvalue weighted by molar-refractivity contribution is 9.10. The fourth-order valence-corrected chi connectivity index (χ4v) is 3.58. The van der Waals surface area contributed by atoms with Gasteiger partial charge in [0.25, 0.3) is 0 Å². The number of hydrogen-bond donors (Lipinski definition) is 1. The van der Waals surface area contributed by atoms with Crippen molar-refractivity contribution in [1.82, 2.24) is 24.4 Å². The van der Waals surface area contributed by atoms with Crippen LogP contribution in [0.5, 0.6) is 0 Å². The molecular weight excluding hydrogens is 476 g/mol. The number of nitrogens with one attached hydrogen (secondary N) is 1. The van der Waals surface area contributed by atoms with E-state index >= 15 is 0 Å². The summed E-state index contributed by atoms with van der Waals surface area (Å²) in [5, 5.41) is 11.6. The van der Waals surface area contributed by atoms with Crippen LogP contribution in [0, 0.1) is 6.92 Å². The average Bonchev–Trinajstić information content (AvgIpc) is 3.35. The molecule has 4 aromatic rings. The van der Waals surface area contributed by atoms with Gasteiger partial charge in [-0.3, -0.25) is 9.48 Å². The van der Waals surface area contributed by atoms with Crippen LogP contribution in [0.1, 0.15) is 29.4 Å². The molecule has 0 aliphatic carbocycles. The van der Waals surface area contributed by atoms with Gasteiger partial charge in [-0.25, -0.2) is 14.3 Å². The summed E-state index contributed by atoms with van der Waals surface area (Å²) in [6, 6.07) is 9.23. The van der Waals surface area contributed by atoms with Crippen LogP contribution in [-0.4, -0.2) is 42.9 Å². The van der Waals surface area contributed by atoms with Crippen LogP contribution in [0.25, 0.3) is 16.9 Å². The third kappa shape index (κ3) is 4.54. The van der Waals surface area contributed by atoms with E-state index in [1.54, 1.807) is 28.4 Å². The molecule has 0 spiro atoms. The Bertz CT molecular complexity index is 1280. The lowest BCUT2D eigenvalue weighted by atomic mass is 10.1. The summed E-state index contributed by atoms with van der Waals surface area (Å²) >= 11 is 3.42. The molecule has 32 heavy (non-hydrogen) atoms. The molecule has 0 unspecified atom stereocenters. The Labute approximate surface area is 192 Å². The molecule has 0 radical (unpaired) electrons. The number of nitrogens with zero attached hydrogens (tertiary/aromatic N) is 5. The number of esters is 1. The first-order valence-corrected chi connectivity index (χ1v) is 10.8. The molecule has 164 valence electrons. The summed E-state index contributed by atoms with van der Waals surface area (Å²) in [4.78, 5) is 28.9. The lowest BCUT2D eigenvalue weighted by molar-refractivity contribution is -0.116. The highest BCUT2D eigenvalue weighted by atomic mass is 79.9. The van der Waals surface area contributed by atoms with Crippen LogP contribution in [0.2, 0.25) is 0 Å². The number of ether oxygens (including phenoxy) is 1. The van der Waals surface area contributed by atoms with Gasteiger partial charge in [0, 0.05) is 36.6 Å². The van der Waals surface area contributed by atoms with Crippen LogP contribution in [0.3, 0.4) is 0 Å². The number of carbonyl (C=O) groups is 2. The fourth-order valence-electron chi connectivity index (χ4n) is 3.27. The van der Waals surface area contributed by atoms with Crippen molar-refractivity contribution in [2.24, 2.45) is 0 Å². The van der Waals surface area contributed by atoms with Crippen LogP contribution in [0.4, 0.5) is 5.69 Å². The van der Waals surface area contributed by atoms with Crippen molar-refractivity contribution < 1.29 is 14.3 Å². The van der Waals surface area contributed by atoms with Crippen molar-refractivity contribution in [2.45, 2.75) is 26.8 Å². The summed E-state index contributed by atoms with van der Waals surface area (Å²) in [5.74, 6) is -0.581. The van der Waals surface area contributed by atoms with Gasteiger partial charge >= 0.3 is 5.97 Å². The van der Waals surface area contributed by atoms with E-state index in [1.807, 2.05) is 37.4 Å². The second-order valence-corrected chi connectivity index (χ2v) is 7.90.